The number of nitrogens with one attached hydrogen (secondary N) is 1. The van der Waals surface area contributed by atoms with E-state index in [1.165, 1.54) is 23.1 Å². The standard InChI is InChI=1S/C19H18ClN5O3/c1-23-11-10-21-18(23)17(13-6-8-14(20)9-7-13)24(2)19(26)22-15-4-3-5-16(12-15)25(27)28/h3-12,17H,1-2H3,(H,22,26). The van der Waals surface area contributed by atoms with Crippen LogP contribution in [-0.4, -0.2) is 32.5 Å². The monoisotopic (exact) mass is 399 g/mol. The molecule has 0 bridgehead atoms. The molecule has 144 valence electrons. The van der Waals surface area contributed by atoms with E-state index in [0.717, 1.165) is 5.56 Å². The first kappa shape index (κ1) is 19.4. The zero-order valence-electron chi connectivity index (χ0n) is 15.2. The number of non-ortho nitro benzene ring substituents is 1. The topological polar surface area (TPSA) is 93.3 Å². The SMILES string of the molecule is CN(C(=O)Nc1cccc([N+](=O)[O-])c1)C(c1ccc(Cl)cc1)c1nccn1C. The number of rotatable bonds is 5. The zero-order chi connectivity index (χ0) is 20.3. The highest BCUT2D eigenvalue weighted by Crippen LogP contribution is 2.28. The van der Waals surface area contributed by atoms with Crippen molar-refractivity contribution in [3.05, 3.63) is 87.4 Å². The van der Waals surface area contributed by atoms with E-state index >= 15 is 0 Å². The van der Waals surface area contributed by atoms with Gasteiger partial charge >= 0.3 is 6.03 Å². The third kappa shape index (κ3) is 4.12. The van der Waals surface area contributed by atoms with Gasteiger partial charge in [0.25, 0.3) is 5.69 Å². The molecule has 0 saturated carbocycles. The summed E-state index contributed by atoms with van der Waals surface area (Å²) in [5.41, 5.74) is 1.06. The Balaban J connectivity index is 1.90. The van der Waals surface area contributed by atoms with Crippen LogP contribution in [0.1, 0.15) is 17.4 Å². The fraction of sp³-hybridized carbons (Fsp3) is 0.158. The van der Waals surface area contributed by atoms with Crippen molar-refractivity contribution in [2.24, 2.45) is 7.05 Å². The summed E-state index contributed by atoms with van der Waals surface area (Å²) in [4.78, 5) is 29.2. The van der Waals surface area contributed by atoms with Gasteiger partial charge < -0.3 is 14.8 Å². The van der Waals surface area contributed by atoms with Crippen molar-refractivity contribution in [2.45, 2.75) is 6.04 Å². The summed E-state index contributed by atoms with van der Waals surface area (Å²) in [6.45, 7) is 0. The van der Waals surface area contributed by atoms with Gasteiger partial charge in [0.15, 0.2) is 0 Å². The third-order valence-corrected chi connectivity index (χ3v) is 4.56. The van der Waals surface area contributed by atoms with Gasteiger partial charge in [0, 0.05) is 49.3 Å². The van der Waals surface area contributed by atoms with E-state index < -0.39 is 17.0 Å². The first-order chi connectivity index (χ1) is 13.4. The molecule has 1 N–H and O–H groups in total. The number of benzene rings is 2. The molecule has 0 aliphatic carbocycles. The highest BCUT2D eigenvalue weighted by atomic mass is 35.5. The quantitative estimate of drug-likeness (QED) is 0.513. The van der Waals surface area contributed by atoms with E-state index in [1.54, 1.807) is 37.6 Å². The fourth-order valence-corrected chi connectivity index (χ4v) is 2.98. The molecule has 9 heteroatoms. The van der Waals surface area contributed by atoms with Crippen molar-refractivity contribution < 1.29 is 9.72 Å². The second-order valence-electron chi connectivity index (χ2n) is 6.20. The minimum Gasteiger partial charge on any atom is -0.336 e. The molecule has 1 atom stereocenters. The van der Waals surface area contributed by atoms with Crippen molar-refractivity contribution in [3.63, 3.8) is 0 Å². The number of nitro groups is 1. The molecule has 0 aliphatic heterocycles. The first-order valence-electron chi connectivity index (χ1n) is 8.38. The number of aryl methyl sites for hydroxylation is 1. The van der Waals surface area contributed by atoms with Gasteiger partial charge in [0.05, 0.1) is 4.92 Å². The van der Waals surface area contributed by atoms with Crippen molar-refractivity contribution in [1.29, 1.82) is 0 Å². The number of nitro benzene ring substituents is 1. The minimum atomic E-state index is -0.510. The number of amides is 2. The molecular weight excluding hydrogens is 382 g/mol. The Morgan fingerprint density at radius 1 is 1.29 bits per heavy atom. The Bertz CT molecular complexity index is 1000. The minimum absolute atomic E-state index is 0.0983. The van der Waals surface area contributed by atoms with Crippen LogP contribution in [-0.2, 0) is 7.05 Å². The third-order valence-electron chi connectivity index (χ3n) is 4.30. The van der Waals surface area contributed by atoms with Crippen molar-refractivity contribution in [1.82, 2.24) is 14.5 Å². The summed E-state index contributed by atoms with van der Waals surface area (Å²) in [6, 6.07) is 12.0. The average molecular weight is 400 g/mol. The number of halogens is 1. The Morgan fingerprint density at radius 3 is 2.61 bits per heavy atom. The Hall–Kier alpha value is -3.39. The molecule has 0 fully saturated rings. The maximum atomic E-state index is 12.9. The number of urea groups is 1. The fourth-order valence-electron chi connectivity index (χ4n) is 2.86. The molecular formula is C19H18ClN5O3. The molecule has 2 amide bonds. The summed E-state index contributed by atoms with van der Waals surface area (Å²) < 4.78 is 1.83. The van der Waals surface area contributed by atoms with Gasteiger partial charge in [-0.15, -0.1) is 0 Å². The Labute approximate surface area is 166 Å². The van der Waals surface area contributed by atoms with Crippen LogP contribution in [0.15, 0.2) is 60.9 Å². The predicted octanol–water partition coefficient (Wildman–Crippen LogP) is 4.24. The largest absolute Gasteiger partial charge is 0.336 e. The number of hydrogen-bond donors (Lipinski definition) is 1. The van der Waals surface area contributed by atoms with E-state index in [9.17, 15) is 14.9 Å². The second-order valence-corrected chi connectivity index (χ2v) is 6.64. The molecule has 28 heavy (non-hydrogen) atoms. The molecule has 3 aromatic rings. The molecule has 0 radical (unpaired) electrons. The number of aromatic nitrogens is 2. The number of carbonyl (C=O) groups excluding carboxylic acids is 1. The van der Waals surface area contributed by atoms with Crippen LogP contribution < -0.4 is 5.32 Å². The van der Waals surface area contributed by atoms with Crippen LogP contribution in [0.5, 0.6) is 0 Å². The summed E-state index contributed by atoms with van der Waals surface area (Å²) in [5, 5.41) is 14.2. The van der Waals surface area contributed by atoms with E-state index in [2.05, 4.69) is 10.3 Å². The lowest BCUT2D eigenvalue weighted by atomic mass is 10.1. The van der Waals surface area contributed by atoms with Crippen LogP contribution in [0.4, 0.5) is 16.2 Å². The van der Waals surface area contributed by atoms with Gasteiger partial charge in [-0.25, -0.2) is 9.78 Å². The van der Waals surface area contributed by atoms with E-state index in [4.69, 9.17) is 11.6 Å². The molecule has 0 spiro atoms. The highest BCUT2D eigenvalue weighted by molar-refractivity contribution is 6.30. The molecule has 0 saturated heterocycles. The van der Waals surface area contributed by atoms with E-state index in [1.807, 2.05) is 23.7 Å². The molecule has 3 rings (SSSR count). The smallest absolute Gasteiger partial charge is 0.322 e. The van der Waals surface area contributed by atoms with Crippen LogP contribution in [0.25, 0.3) is 0 Å². The number of hydrogen-bond acceptors (Lipinski definition) is 4. The number of nitrogens with zero attached hydrogens (tertiary/aromatic N) is 4. The van der Waals surface area contributed by atoms with E-state index in [0.29, 0.717) is 16.5 Å². The maximum absolute atomic E-state index is 12.9. The summed E-state index contributed by atoms with van der Waals surface area (Å²) in [7, 11) is 3.48. The van der Waals surface area contributed by atoms with Gasteiger partial charge in [0.1, 0.15) is 11.9 Å². The molecule has 1 unspecified atom stereocenters. The van der Waals surface area contributed by atoms with Gasteiger partial charge in [-0.1, -0.05) is 29.8 Å². The molecule has 0 aliphatic rings. The number of anilines is 1. The van der Waals surface area contributed by atoms with Crippen LogP contribution in [0.3, 0.4) is 0 Å². The predicted molar refractivity (Wildman–Crippen MR) is 106 cm³/mol. The molecule has 8 nitrogen and oxygen atoms in total. The number of carbonyl (C=O) groups is 1. The van der Waals surface area contributed by atoms with Crippen molar-refractivity contribution in [3.8, 4) is 0 Å². The Morgan fingerprint density at radius 2 is 2.00 bits per heavy atom. The lowest BCUT2D eigenvalue weighted by molar-refractivity contribution is -0.384. The van der Waals surface area contributed by atoms with Gasteiger partial charge in [-0.05, 0) is 23.8 Å². The lowest BCUT2D eigenvalue weighted by Crippen LogP contribution is -2.36. The molecule has 1 aromatic heterocycles. The van der Waals surface area contributed by atoms with Gasteiger partial charge in [0.2, 0.25) is 0 Å². The molecule has 1 heterocycles. The normalized spacial score (nSPS) is 11.7. The van der Waals surface area contributed by atoms with Gasteiger partial charge in [-0.3, -0.25) is 10.1 Å². The molecule has 2 aromatic carbocycles. The second kappa shape index (κ2) is 8.10. The first-order valence-corrected chi connectivity index (χ1v) is 8.75. The summed E-state index contributed by atoms with van der Waals surface area (Å²) in [5.74, 6) is 0.666. The summed E-state index contributed by atoms with van der Waals surface area (Å²) in [6.07, 6.45) is 3.45. The Kier molecular flexibility index (Phi) is 5.60. The van der Waals surface area contributed by atoms with Crippen LogP contribution >= 0.6 is 11.6 Å². The van der Waals surface area contributed by atoms with Crippen molar-refractivity contribution >= 4 is 29.0 Å². The lowest BCUT2D eigenvalue weighted by Gasteiger charge is -2.28. The highest BCUT2D eigenvalue weighted by Gasteiger charge is 2.27. The summed E-state index contributed by atoms with van der Waals surface area (Å²) >= 11 is 5.99. The number of imidazole rings is 1. The van der Waals surface area contributed by atoms with Crippen molar-refractivity contribution in [2.75, 3.05) is 12.4 Å². The zero-order valence-corrected chi connectivity index (χ0v) is 16.0. The van der Waals surface area contributed by atoms with Gasteiger partial charge in [-0.2, -0.15) is 0 Å². The van der Waals surface area contributed by atoms with Crippen LogP contribution in [0.2, 0.25) is 5.02 Å². The van der Waals surface area contributed by atoms with E-state index in [-0.39, 0.29) is 5.69 Å². The maximum Gasteiger partial charge on any atom is 0.322 e. The average Bonchev–Trinajstić information content (AvgIpc) is 3.09. The van der Waals surface area contributed by atoms with Crippen LogP contribution in [0, 0.1) is 10.1 Å².